The molecule has 1 atom stereocenters. The molecule has 1 amide bonds. The molecule has 0 spiro atoms. The van der Waals surface area contributed by atoms with Crippen LogP contribution in [0.2, 0.25) is 0 Å². The summed E-state index contributed by atoms with van der Waals surface area (Å²) in [4.78, 5) is 12.0. The third kappa shape index (κ3) is 5.03. The van der Waals surface area contributed by atoms with Crippen LogP contribution >= 0.6 is 0 Å². The summed E-state index contributed by atoms with van der Waals surface area (Å²) in [5.74, 6) is -1.19. The van der Waals surface area contributed by atoms with E-state index in [1.54, 1.807) is 29.6 Å². The van der Waals surface area contributed by atoms with Gasteiger partial charge < -0.3 is 15.4 Å². The lowest BCUT2D eigenvalue weighted by atomic mass is 10.1. The third-order valence-corrected chi connectivity index (χ3v) is 3.58. The van der Waals surface area contributed by atoms with E-state index in [9.17, 15) is 13.6 Å². The topological polar surface area (TPSA) is 54.9 Å². The summed E-state index contributed by atoms with van der Waals surface area (Å²) in [6.07, 6.45) is 0. The molecule has 0 fully saturated rings. The van der Waals surface area contributed by atoms with Crippen molar-refractivity contribution < 1.29 is 23.6 Å². The van der Waals surface area contributed by atoms with Crippen molar-refractivity contribution in [2.45, 2.75) is 19.9 Å². The molecule has 0 saturated heterocycles. The van der Waals surface area contributed by atoms with Gasteiger partial charge in [-0.2, -0.15) is 0 Å². The van der Waals surface area contributed by atoms with Crippen LogP contribution in [0.1, 0.15) is 25.5 Å². The highest BCUT2D eigenvalue weighted by atomic mass is 19.2. The van der Waals surface area contributed by atoms with Crippen LogP contribution in [0.3, 0.4) is 0 Å². The lowest BCUT2D eigenvalue weighted by molar-refractivity contribution is -0.682. The number of quaternary nitrogens is 1. The van der Waals surface area contributed by atoms with Crippen LogP contribution in [-0.4, -0.2) is 19.1 Å². The quantitative estimate of drug-likeness (QED) is 0.817. The van der Waals surface area contributed by atoms with Crippen molar-refractivity contribution in [3.05, 3.63) is 59.7 Å². The number of nitrogens with two attached hydrogens (primary N) is 1. The number of rotatable bonds is 7. The summed E-state index contributed by atoms with van der Waals surface area (Å²) >= 11 is 0. The highest BCUT2D eigenvalue weighted by Gasteiger charge is 2.14. The predicted molar refractivity (Wildman–Crippen MR) is 87.8 cm³/mol. The van der Waals surface area contributed by atoms with Crippen LogP contribution in [0.5, 0.6) is 5.75 Å². The molecule has 4 nitrogen and oxygen atoms in total. The fraction of sp³-hybridized carbons (Fsp3) is 0.278. The van der Waals surface area contributed by atoms with Gasteiger partial charge in [-0.3, -0.25) is 4.79 Å². The Bertz CT molecular complexity index is 690. The first kappa shape index (κ1) is 17.9. The van der Waals surface area contributed by atoms with Crippen LogP contribution < -0.4 is 15.4 Å². The van der Waals surface area contributed by atoms with Gasteiger partial charge in [0, 0.05) is 11.3 Å². The smallest absolute Gasteiger partial charge is 0.279 e. The SMILES string of the molecule is CCOc1ccc(NC(=O)C[NH2+][C@H](C)c2ccc(F)c(F)c2)cc1. The molecule has 6 heteroatoms. The van der Waals surface area contributed by atoms with Gasteiger partial charge in [-0.25, -0.2) is 8.78 Å². The molecule has 2 rings (SSSR count). The van der Waals surface area contributed by atoms with Crippen LogP contribution in [-0.2, 0) is 4.79 Å². The lowest BCUT2D eigenvalue weighted by Crippen LogP contribution is -2.86. The fourth-order valence-corrected chi connectivity index (χ4v) is 2.23. The second-order valence-electron chi connectivity index (χ2n) is 5.41. The number of nitrogens with one attached hydrogen (secondary N) is 1. The van der Waals surface area contributed by atoms with Gasteiger partial charge in [0.05, 0.1) is 6.61 Å². The van der Waals surface area contributed by atoms with Crippen LogP contribution in [0.4, 0.5) is 14.5 Å². The Kier molecular flexibility index (Phi) is 6.26. The van der Waals surface area contributed by atoms with Crippen molar-refractivity contribution in [3.63, 3.8) is 0 Å². The van der Waals surface area contributed by atoms with Gasteiger partial charge in [0.15, 0.2) is 18.2 Å². The first-order valence-electron chi connectivity index (χ1n) is 7.80. The molecular weight excluding hydrogens is 314 g/mol. The number of halogens is 2. The van der Waals surface area contributed by atoms with Gasteiger partial charge in [0.2, 0.25) is 0 Å². The van der Waals surface area contributed by atoms with Gasteiger partial charge in [-0.15, -0.1) is 0 Å². The molecule has 2 aromatic carbocycles. The van der Waals surface area contributed by atoms with E-state index in [4.69, 9.17) is 4.74 Å². The summed E-state index contributed by atoms with van der Waals surface area (Å²) in [6.45, 7) is 4.49. The van der Waals surface area contributed by atoms with E-state index in [0.29, 0.717) is 17.9 Å². The molecule has 0 aliphatic rings. The Morgan fingerprint density at radius 2 is 1.88 bits per heavy atom. The van der Waals surface area contributed by atoms with Gasteiger partial charge in [-0.1, -0.05) is 0 Å². The number of carbonyl (C=O) groups is 1. The first-order chi connectivity index (χ1) is 11.5. The number of ether oxygens (including phenoxy) is 1. The zero-order valence-electron chi connectivity index (χ0n) is 13.7. The van der Waals surface area contributed by atoms with Crippen molar-refractivity contribution >= 4 is 11.6 Å². The van der Waals surface area contributed by atoms with Gasteiger partial charge in [0.25, 0.3) is 5.91 Å². The van der Waals surface area contributed by atoms with E-state index in [1.807, 2.05) is 13.8 Å². The lowest BCUT2D eigenvalue weighted by Gasteiger charge is -2.12. The van der Waals surface area contributed by atoms with E-state index in [2.05, 4.69) is 5.32 Å². The molecule has 0 bridgehead atoms. The van der Waals surface area contributed by atoms with Crippen molar-refractivity contribution in [1.82, 2.24) is 0 Å². The highest BCUT2D eigenvalue weighted by molar-refractivity contribution is 5.91. The summed E-state index contributed by atoms with van der Waals surface area (Å²) in [5, 5.41) is 4.54. The van der Waals surface area contributed by atoms with Crippen LogP contribution in [0, 0.1) is 11.6 Å². The summed E-state index contributed by atoms with van der Waals surface area (Å²) in [5.41, 5.74) is 1.31. The van der Waals surface area contributed by atoms with E-state index < -0.39 is 11.6 Å². The molecule has 3 N–H and O–H groups in total. The third-order valence-electron chi connectivity index (χ3n) is 3.58. The second kappa shape index (κ2) is 8.40. The normalized spacial score (nSPS) is 11.8. The monoisotopic (exact) mass is 335 g/mol. The molecule has 0 aliphatic heterocycles. The largest absolute Gasteiger partial charge is 0.494 e. The number of carbonyl (C=O) groups excluding carboxylic acids is 1. The Morgan fingerprint density at radius 1 is 1.17 bits per heavy atom. The van der Waals surface area contributed by atoms with Crippen molar-refractivity contribution in [3.8, 4) is 5.75 Å². The number of hydrogen-bond acceptors (Lipinski definition) is 2. The fourth-order valence-electron chi connectivity index (χ4n) is 2.23. The minimum Gasteiger partial charge on any atom is -0.494 e. The maximum atomic E-state index is 13.2. The van der Waals surface area contributed by atoms with Crippen molar-refractivity contribution in [2.24, 2.45) is 0 Å². The Balaban J connectivity index is 1.84. The van der Waals surface area contributed by atoms with E-state index in [-0.39, 0.29) is 18.5 Å². The minimum absolute atomic E-state index is 0.161. The molecule has 0 aromatic heterocycles. The maximum Gasteiger partial charge on any atom is 0.279 e. The van der Waals surface area contributed by atoms with E-state index in [1.165, 1.54) is 6.07 Å². The van der Waals surface area contributed by atoms with Crippen molar-refractivity contribution in [1.29, 1.82) is 0 Å². The number of benzene rings is 2. The standard InChI is InChI=1S/C18H20F2N2O2/c1-3-24-15-7-5-14(6-8-15)22-18(23)11-21-12(2)13-4-9-16(19)17(20)10-13/h4-10,12,21H,3,11H2,1-2H3,(H,22,23)/p+1/t12-/m1/s1. The Hall–Kier alpha value is -2.47. The Morgan fingerprint density at radius 3 is 2.50 bits per heavy atom. The molecule has 0 radical (unpaired) electrons. The number of amides is 1. The maximum absolute atomic E-state index is 13.2. The number of hydrogen-bond donors (Lipinski definition) is 2. The average Bonchev–Trinajstić information content (AvgIpc) is 2.57. The molecule has 2 aromatic rings. The molecular formula is C18H21F2N2O2+. The molecule has 0 aliphatic carbocycles. The van der Waals surface area contributed by atoms with Gasteiger partial charge in [-0.05, 0) is 56.3 Å². The molecule has 0 unspecified atom stereocenters. The van der Waals surface area contributed by atoms with Crippen molar-refractivity contribution in [2.75, 3.05) is 18.5 Å². The van der Waals surface area contributed by atoms with Crippen LogP contribution in [0.15, 0.2) is 42.5 Å². The predicted octanol–water partition coefficient (Wildman–Crippen LogP) is 2.63. The zero-order chi connectivity index (χ0) is 17.5. The molecule has 0 saturated carbocycles. The molecule has 24 heavy (non-hydrogen) atoms. The van der Waals surface area contributed by atoms with E-state index >= 15 is 0 Å². The summed E-state index contributed by atoms with van der Waals surface area (Å²) in [6, 6.07) is 10.7. The number of anilines is 1. The summed E-state index contributed by atoms with van der Waals surface area (Å²) < 4.78 is 31.5. The first-order valence-corrected chi connectivity index (χ1v) is 7.80. The highest BCUT2D eigenvalue weighted by Crippen LogP contribution is 2.15. The van der Waals surface area contributed by atoms with Gasteiger partial charge >= 0.3 is 0 Å². The van der Waals surface area contributed by atoms with Gasteiger partial charge in [0.1, 0.15) is 11.8 Å². The summed E-state index contributed by atoms with van der Waals surface area (Å²) in [7, 11) is 0. The zero-order valence-corrected chi connectivity index (χ0v) is 13.7. The Labute approximate surface area is 139 Å². The molecule has 0 heterocycles. The molecule has 128 valence electrons. The minimum atomic E-state index is -0.883. The second-order valence-corrected chi connectivity index (χ2v) is 5.41. The van der Waals surface area contributed by atoms with Crippen LogP contribution in [0.25, 0.3) is 0 Å². The van der Waals surface area contributed by atoms with E-state index in [0.717, 1.165) is 17.9 Å². The average molecular weight is 335 g/mol.